The van der Waals surface area contributed by atoms with E-state index in [1.54, 1.807) is 12.1 Å². The first-order valence-electron chi connectivity index (χ1n) is 9.41. The average Bonchev–Trinajstić information content (AvgIpc) is 2.94. The van der Waals surface area contributed by atoms with Crippen LogP contribution in [0.4, 0.5) is 10.1 Å². The molecule has 1 atom stereocenters. The molecule has 4 rings (SSSR count). The third kappa shape index (κ3) is 4.25. The van der Waals surface area contributed by atoms with E-state index in [2.05, 4.69) is 20.1 Å². The zero-order valence-corrected chi connectivity index (χ0v) is 16.2. The van der Waals surface area contributed by atoms with Crippen LogP contribution in [0.3, 0.4) is 0 Å². The topological polar surface area (TPSA) is 59.8 Å². The molecule has 2 heterocycles. The lowest BCUT2D eigenvalue weighted by molar-refractivity contribution is -0.115. The smallest absolute Gasteiger partial charge is 0.242 e. The van der Waals surface area contributed by atoms with Crippen LogP contribution >= 0.6 is 11.8 Å². The standard InChI is InChI=1S/C21H21FN4OS/c22-16-10-12-17(13-11-16)23-20(27)19(15-7-3-1-4-8-15)28-21-25-24-18-9-5-2-6-14-26(18)21/h1,3-4,7-8,10-13,19H,2,5-6,9,14H2,(H,23,27). The minimum absolute atomic E-state index is 0.172. The van der Waals surface area contributed by atoms with Crippen LogP contribution in [0.25, 0.3) is 0 Å². The first-order chi connectivity index (χ1) is 13.7. The Morgan fingerprint density at radius 3 is 2.61 bits per heavy atom. The molecule has 1 amide bonds. The molecule has 0 saturated carbocycles. The largest absolute Gasteiger partial charge is 0.325 e. The number of halogens is 1. The van der Waals surface area contributed by atoms with Crippen LogP contribution in [0, 0.1) is 5.82 Å². The lowest BCUT2D eigenvalue weighted by Crippen LogP contribution is -2.19. The number of aryl methyl sites for hydroxylation is 1. The number of hydrogen-bond donors (Lipinski definition) is 1. The van der Waals surface area contributed by atoms with Gasteiger partial charge in [0, 0.05) is 18.7 Å². The fourth-order valence-corrected chi connectivity index (χ4v) is 4.37. The number of fused-ring (bicyclic) bond motifs is 1. The monoisotopic (exact) mass is 396 g/mol. The Labute approximate surface area is 167 Å². The lowest BCUT2D eigenvalue weighted by Gasteiger charge is -2.17. The first-order valence-corrected chi connectivity index (χ1v) is 10.3. The molecule has 0 aliphatic carbocycles. The number of nitrogens with zero attached hydrogens (tertiary/aromatic N) is 3. The van der Waals surface area contributed by atoms with Crippen molar-refractivity contribution in [2.75, 3.05) is 5.32 Å². The number of aromatic nitrogens is 3. The second kappa shape index (κ2) is 8.56. The van der Waals surface area contributed by atoms with Crippen molar-refractivity contribution in [2.45, 2.75) is 42.6 Å². The van der Waals surface area contributed by atoms with Crippen molar-refractivity contribution < 1.29 is 9.18 Å². The third-order valence-electron chi connectivity index (χ3n) is 4.75. The van der Waals surface area contributed by atoms with E-state index in [1.165, 1.54) is 30.3 Å². The molecule has 144 valence electrons. The molecule has 3 aromatic rings. The highest BCUT2D eigenvalue weighted by molar-refractivity contribution is 8.00. The highest BCUT2D eigenvalue weighted by Gasteiger charge is 2.26. The number of nitrogens with one attached hydrogen (secondary N) is 1. The van der Waals surface area contributed by atoms with Crippen molar-refractivity contribution in [1.29, 1.82) is 0 Å². The van der Waals surface area contributed by atoms with Crippen LogP contribution in [-0.4, -0.2) is 20.7 Å². The Morgan fingerprint density at radius 2 is 1.82 bits per heavy atom. The Morgan fingerprint density at radius 1 is 1.04 bits per heavy atom. The average molecular weight is 396 g/mol. The van der Waals surface area contributed by atoms with Gasteiger partial charge >= 0.3 is 0 Å². The van der Waals surface area contributed by atoms with Crippen molar-refractivity contribution in [3.63, 3.8) is 0 Å². The van der Waals surface area contributed by atoms with Gasteiger partial charge in [0.2, 0.25) is 5.91 Å². The highest BCUT2D eigenvalue weighted by atomic mass is 32.2. The van der Waals surface area contributed by atoms with E-state index in [0.29, 0.717) is 5.69 Å². The Bertz CT molecular complexity index is 943. The van der Waals surface area contributed by atoms with Crippen molar-refractivity contribution >= 4 is 23.4 Å². The summed E-state index contributed by atoms with van der Waals surface area (Å²) in [6, 6.07) is 15.4. The maximum Gasteiger partial charge on any atom is 0.242 e. The summed E-state index contributed by atoms with van der Waals surface area (Å²) < 4.78 is 15.3. The van der Waals surface area contributed by atoms with E-state index in [4.69, 9.17) is 0 Å². The molecule has 0 spiro atoms. The fraction of sp³-hybridized carbons (Fsp3) is 0.286. The Hall–Kier alpha value is -2.67. The second-order valence-electron chi connectivity index (χ2n) is 6.77. The minimum Gasteiger partial charge on any atom is -0.325 e. The van der Waals surface area contributed by atoms with E-state index in [-0.39, 0.29) is 11.7 Å². The number of thioether (sulfide) groups is 1. The van der Waals surface area contributed by atoms with Gasteiger partial charge in [0.05, 0.1) is 0 Å². The quantitative estimate of drug-likeness (QED) is 0.640. The van der Waals surface area contributed by atoms with Gasteiger partial charge in [-0.25, -0.2) is 4.39 Å². The maximum atomic E-state index is 13.2. The van der Waals surface area contributed by atoms with Crippen molar-refractivity contribution in [2.24, 2.45) is 0 Å². The maximum absolute atomic E-state index is 13.2. The summed E-state index contributed by atoms with van der Waals surface area (Å²) in [6.45, 7) is 0.881. The van der Waals surface area contributed by atoms with Crippen LogP contribution in [0.1, 0.15) is 35.9 Å². The summed E-state index contributed by atoms with van der Waals surface area (Å²) >= 11 is 1.41. The molecular weight excluding hydrogens is 375 g/mol. The van der Waals surface area contributed by atoms with Crippen LogP contribution in [0.5, 0.6) is 0 Å². The molecule has 2 aromatic carbocycles. The third-order valence-corrected chi connectivity index (χ3v) is 5.99. The van der Waals surface area contributed by atoms with Crippen LogP contribution in [-0.2, 0) is 17.8 Å². The number of rotatable bonds is 5. The molecule has 0 radical (unpaired) electrons. The normalized spacial score (nSPS) is 14.8. The van der Waals surface area contributed by atoms with Gasteiger partial charge in [-0.05, 0) is 42.7 Å². The van der Waals surface area contributed by atoms with Gasteiger partial charge in [0.25, 0.3) is 0 Å². The summed E-state index contributed by atoms with van der Waals surface area (Å²) in [5.41, 5.74) is 1.45. The van der Waals surface area contributed by atoms with E-state index in [1.807, 2.05) is 30.3 Å². The predicted octanol–water partition coefficient (Wildman–Crippen LogP) is 4.62. The molecule has 28 heavy (non-hydrogen) atoms. The van der Waals surface area contributed by atoms with E-state index < -0.39 is 5.25 Å². The zero-order valence-electron chi connectivity index (χ0n) is 15.3. The predicted molar refractivity (Wildman–Crippen MR) is 108 cm³/mol. The second-order valence-corrected chi connectivity index (χ2v) is 7.84. The summed E-state index contributed by atoms with van der Waals surface area (Å²) in [4.78, 5) is 13.1. The lowest BCUT2D eigenvalue weighted by atomic mass is 10.1. The number of carbonyl (C=O) groups is 1. The van der Waals surface area contributed by atoms with Crippen molar-refractivity contribution in [3.05, 3.63) is 71.8 Å². The molecule has 1 aromatic heterocycles. The molecule has 1 aliphatic heterocycles. The molecule has 7 heteroatoms. The minimum atomic E-state index is -0.484. The fourth-order valence-electron chi connectivity index (χ4n) is 3.29. The van der Waals surface area contributed by atoms with E-state index in [9.17, 15) is 9.18 Å². The molecule has 1 N–H and O–H groups in total. The summed E-state index contributed by atoms with van der Waals surface area (Å²) in [7, 11) is 0. The molecular formula is C21H21FN4OS. The molecule has 1 aliphatic rings. The molecule has 0 saturated heterocycles. The summed E-state index contributed by atoms with van der Waals surface area (Å²) in [6.07, 6.45) is 4.32. The van der Waals surface area contributed by atoms with Gasteiger partial charge < -0.3 is 9.88 Å². The van der Waals surface area contributed by atoms with Crippen LogP contribution in [0.2, 0.25) is 0 Å². The van der Waals surface area contributed by atoms with Gasteiger partial charge in [-0.1, -0.05) is 48.5 Å². The molecule has 0 bridgehead atoms. The van der Waals surface area contributed by atoms with Gasteiger partial charge in [-0.3, -0.25) is 4.79 Å². The van der Waals surface area contributed by atoms with E-state index >= 15 is 0 Å². The van der Waals surface area contributed by atoms with Gasteiger partial charge in [-0.15, -0.1) is 10.2 Å². The molecule has 1 unspecified atom stereocenters. The zero-order chi connectivity index (χ0) is 19.3. The first kappa shape index (κ1) is 18.7. The summed E-state index contributed by atoms with van der Waals surface area (Å²) in [5.74, 6) is 0.484. The number of anilines is 1. The van der Waals surface area contributed by atoms with Gasteiger partial charge in [0.1, 0.15) is 16.9 Å². The number of hydrogen-bond acceptors (Lipinski definition) is 4. The summed E-state index contributed by atoms with van der Waals surface area (Å²) in [5, 5.41) is 11.9. The SMILES string of the molecule is O=C(Nc1ccc(F)cc1)C(Sc1nnc2n1CCCCC2)c1ccccc1. The number of amides is 1. The van der Waals surface area contributed by atoms with Gasteiger partial charge in [0.15, 0.2) is 5.16 Å². The number of carbonyl (C=O) groups excluding carboxylic acids is 1. The molecule has 5 nitrogen and oxygen atoms in total. The van der Waals surface area contributed by atoms with Crippen LogP contribution in [0.15, 0.2) is 59.8 Å². The highest BCUT2D eigenvalue weighted by Crippen LogP contribution is 2.36. The van der Waals surface area contributed by atoms with Crippen LogP contribution < -0.4 is 5.32 Å². The van der Waals surface area contributed by atoms with Crippen molar-refractivity contribution in [1.82, 2.24) is 14.8 Å². The van der Waals surface area contributed by atoms with E-state index in [0.717, 1.165) is 42.4 Å². The Kier molecular flexibility index (Phi) is 5.71. The molecule has 0 fully saturated rings. The van der Waals surface area contributed by atoms with Crippen molar-refractivity contribution in [3.8, 4) is 0 Å². The number of benzene rings is 2. The van der Waals surface area contributed by atoms with Gasteiger partial charge in [-0.2, -0.15) is 0 Å². The Balaban J connectivity index is 1.60.